The molecule has 0 aliphatic carbocycles. The van der Waals surface area contributed by atoms with Crippen molar-refractivity contribution in [2.75, 3.05) is 19.8 Å². The van der Waals surface area contributed by atoms with Gasteiger partial charge in [0.2, 0.25) is 0 Å². The zero-order valence-corrected chi connectivity index (χ0v) is 10.1. The van der Waals surface area contributed by atoms with Gasteiger partial charge in [-0.1, -0.05) is 6.07 Å². The van der Waals surface area contributed by atoms with E-state index in [4.69, 9.17) is 4.74 Å². The van der Waals surface area contributed by atoms with Crippen LogP contribution in [0, 0.1) is 5.82 Å². The van der Waals surface area contributed by atoms with Gasteiger partial charge < -0.3 is 10.1 Å². The van der Waals surface area contributed by atoms with E-state index in [1.165, 1.54) is 0 Å². The highest BCUT2D eigenvalue weighted by Crippen LogP contribution is 2.31. The molecule has 0 amide bonds. The van der Waals surface area contributed by atoms with Crippen LogP contribution in [0.1, 0.15) is 17.2 Å². The van der Waals surface area contributed by atoms with Crippen LogP contribution in [0.15, 0.2) is 18.2 Å². The third kappa shape index (κ3) is 3.34. The standard InChI is InChI=1S/C11H11F4NO.ClH/c12-9-5-7(11(13,14)15)1-2-8(9)10-6-17-4-3-16-10;/h1-2,5,10,16H,3-4,6H2;1H/t10-;/m0./s1. The van der Waals surface area contributed by atoms with Gasteiger partial charge in [0.1, 0.15) is 5.82 Å². The average Bonchev–Trinajstić information content (AvgIpc) is 2.29. The quantitative estimate of drug-likeness (QED) is 0.801. The monoisotopic (exact) mass is 285 g/mol. The molecule has 2 rings (SSSR count). The largest absolute Gasteiger partial charge is 0.416 e. The van der Waals surface area contributed by atoms with Crippen LogP contribution in [0.4, 0.5) is 17.6 Å². The van der Waals surface area contributed by atoms with Crippen molar-refractivity contribution in [3.8, 4) is 0 Å². The second-order valence-corrected chi connectivity index (χ2v) is 3.82. The molecule has 0 spiro atoms. The van der Waals surface area contributed by atoms with E-state index in [9.17, 15) is 17.6 Å². The number of halogens is 5. The molecule has 0 bridgehead atoms. The van der Waals surface area contributed by atoms with Crippen LogP contribution >= 0.6 is 12.4 Å². The molecule has 1 aromatic carbocycles. The molecule has 1 N–H and O–H groups in total. The van der Waals surface area contributed by atoms with Gasteiger partial charge >= 0.3 is 6.18 Å². The van der Waals surface area contributed by atoms with Crippen molar-refractivity contribution in [1.82, 2.24) is 5.32 Å². The SMILES string of the molecule is Cl.Fc1cc(C(F)(F)F)ccc1[C@@H]1COCCN1. The number of rotatable bonds is 1. The lowest BCUT2D eigenvalue weighted by molar-refractivity contribution is -0.137. The molecular weight excluding hydrogens is 274 g/mol. The molecule has 0 saturated carbocycles. The van der Waals surface area contributed by atoms with E-state index in [2.05, 4.69) is 5.32 Å². The summed E-state index contributed by atoms with van der Waals surface area (Å²) in [6.45, 7) is 1.35. The molecule has 0 aromatic heterocycles. The lowest BCUT2D eigenvalue weighted by atomic mass is 10.0. The van der Waals surface area contributed by atoms with Gasteiger partial charge in [0.15, 0.2) is 0 Å². The smallest absolute Gasteiger partial charge is 0.378 e. The molecule has 18 heavy (non-hydrogen) atoms. The van der Waals surface area contributed by atoms with Crippen molar-refractivity contribution < 1.29 is 22.3 Å². The summed E-state index contributed by atoms with van der Waals surface area (Å²) in [5.74, 6) is -0.858. The van der Waals surface area contributed by atoms with Crippen LogP contribution in [-0.2, 0) is 10.9 Å². The maximum Gasteiger partial charge on any atom is 0.416 e. The van der Waals surface area contributed by atoms with Crippen LogP contribution in [0.3, 0.4) is 0 Å². The first kappa shape index (κ1) is 15.2. The fourth-order valence-corrected chi connectivity index (χ4v) is 1.75. The van der Waals surface area contributed by atoms with Crippen molar-refractivity contribution >= 4 is 12.4 Å². The van der Waals surface area contributed by atoms with E-state index in [1.807, 2.05) is 0 Å². The molecule has 1 saturated heterocycles. The van der Waals surface area contributed by atoms with Gasteiger partial charge in [-0.3, -0.25) is 0 Å². The summed E-state index contributed by atoms with van der Waals surface area (Å²) in [4.78, 5) is 0. The molecule has 102 valence electrons. The van der Waals surface area contributed by atoms with Gasteiger partial charge in [-0.15, -0.1) is 12.4 Å². The Morgan fingerprint density at radius 2 is 2.00 bits per heavy atom. The van der Waals surface area contributed by atoms with Gasteiger partial charge in [0, 0.05) is 12.1 Å². The van der Waals surface area contributed by atoms with Gasteiger partial charge in [0.25, 0.3) is 0 Å². The minimum Gasteiger partial charge on any atom is -0.378 e. The first-order valence-electron chi connectivity index (χ1n) is 5.16. The predicted octanol–water partition coefficient (Wildman–Crippen LogP) is 2.93. The molecule has 1 aromatic rings. The van der Waals surface area contributed by atoms with E-state index < -0.39 is 17.6 Å². The number of morpholine rings is 1. The average molecular weight is 286 g/mol. The van der Waals surface area contributed by atoms with Crippen molar-refractivity contribution in [2.45, 2.75) is 12.2 Å². The van der Waals surface area contributed by atoms with Crippen molar-refractivity contribution in [1.29, 1.82) is 0 Å². The van der Waals surface area contributed by atoms with Crippen LogP contribution in [0.2, 0.25) is 0 Å². The Morgan fingerprint density at radius 1 is 1.28 bits per heavy atom. The van der Waals surface area contributed by atoms with Crippen LogP contribution in [-0.4, -0.2) is 19.8 Å². The number of alkyl halides is 3. The highest BCUT2D eigenvalue weighted by molar-refractivity contribution is 5.85. The molecule has 1 aliphatic heterocycles. The number of hydrogen-bond acceptors (Lipinski definition) is 2. The van der Waals surface area contributed by atoms with Gasteiger partial charge in [-0.25, -0.2) is 4.39 Å². The predicted molar refractivity (Wildman–Crippen MR) is 60.2 cm³/mol. The summed E-state index contributed by atoms with van der Waals surface area (Å²) in [5, 5.41) is 2.99. The Bertz CT molecular complexity index is 405. The number of ether oxygens (including phenoxy) is 1. The van der Waals surface area contributed by atoms with Crippen molar-refractivity contribution in [2.24, 2.45) is 0 Å². The van der Waals surface area contributed by atoms with Gasteiger partial charge in [-0.2, -0.15) is 13.2 Å². The second-order valence-electron chi connectivity index (χ2n) is 3.82. The number of hydrogen-bond donors (Lipinski definition) is 1. The third-order valence-corrected chi connectivity index (χ3v) is 2.62. The molecule has 1 fully saturated rings. The zero-order chi connectivity index (χ0) is 12.5. The third-order valence-electron chi connectivity index (χ3n) is 2.62. The Balaban J connectivity index is 0.00000162. The fourth-order valence-electron chi connectivity index (χ4n) is 1.75. The van der Waals surface area contributed by atoms with Crippen LogP contribution in [0.5, 0.6) is 0 Å². The second kappa shape index (κ2) is 5.86. The van der Waals surface area contributed by atoms with E-state index in [0.717, 1.165) is 12.1 Å². The van der Waals surface area contributed by atoms with E-state index in [0.29, 0.717) is 19.2 Å². The minimum atomic E-state index is -4.52. The highest BCUT2D eigenvalue weighted by atomic mass is 35.5. The van der Waals surface area contributed by atoms with Gasteiger partial charge in [0.05, 0.1) is 24.8 Å². The Morgan fingerprint density at radius 3 is 2.50 bits per heavy atom. The highest BCUT2D eigenvalue weighted by Gasteiger charge is 2.32. The van der Waals surface area contributed by atoms with Gasteiger partial charge in [-0.05, 0) is 12.1 Å². The molecular formula is C11H12ClF4NO. The normalized spacial score (nSPS) is 20.3. The molecule has 7 heteroatoms. The molecule has 1 aliphatic rings. The summed E-state index contributed by atoms with van der Waals surface area (Å²) >= 11 is 0. The van der Waals surface area contributed by atoms with Crippen molar-refractivity contribution in [3.63, 3.8) is 0 Å². The summed E-state index contributed by atoms with van der Waals surface area (Å²) in [6.07, 6.45) is -4.52. The Kier molecular flexibility index (Phi) is 4.95. The van der Waals surface area contributed by atoms with Crippen LogP contribution < -0.4 is 5.32 Å². The summed E-state index contributed by atoms with van der Waals surface area (Å²) < 4.78 is 55.7. The maximum absolute atomic E-state index is 13.6. The summed E-state index contributed by atoms with van der Waals surface area (Å²) in [5.41, 5.74) is -0.770. The number of benzene rings is 1. The molecule has 1 atom stereocenters. The zero-order valence-electron chi connectivity index (χ0n) is 9.26. The summed E-state index contributed by atoms with van der Waals surface area (Å²) in [7, 11) is 0. The molecule has 0 radical (unpaired) electrons. The first-order chi connectivity index (χ1) is 7.98. The fraction of sp³-hybridized carbons (Fsp3) is 0.455. The van der Waals surface area contributed by atoms with Crippen molar-refractivity contribution in [3.05, 3.63) is 35.1 Å². The topological polar surface area (TPSA) is 21.3 Å². The summed E-state index contributed by atoms with van der Waals surface area (Å²) in [6, 6.07) is 2.18. The Labute approximate surface area is 108 Å². The first-order valence-corrected chi connectivity index (χ1v) is 5.16. The van der Waals surface area contributed by atoms with Crippen LogP contribution in [0.25, 0.3) is 0 Å². The molecule has 0 unspecified atom stereocenters. The lowest BCUT2D eigenvalue weighted by Gasteiger charge is -2.24. The minimum absolute atomic E-state index is 0. The maximum atomic E-state index is 13.6. The van der Waals surface area contributed by atoms with E-state index in [1.54, 1.807) is 0 Å². The number of nitrogens with one attached hydrogen (secondary N) is 1. The van der Waals surface area contributed by atoms with E-state index >= 15 is 0 Å². The molecule has 2 nitrogen and oxygen atoms in total. The molecule has 1 heterocycles. The Hall–Kier alpha value is -0.850. The lowest BCUT2D eigenvalue weighted by Crippen LogP contribution is -2.35. The van der Waals surface area contributed by atoms with E-state index in [-0.39, 0.29) is 30.6 Å².